The van der Waals surface area contributed by atoms with E-state index in [1.165, 1.54) is 28.3 Å². The Morgan fingerprint density at radius 3 is 2.39 bits per heavy atom. The summed E-state index contributed by atoms with van der Waals surface area (Å²) < 4.78 is 0. The quantitative estimate of drug-likeness (QED) is 0.878. The molecule has 3 heterocycles. The summed E-state index contributed by atoms with van der Waals surface area (Å²) in [6, 6.07) is 9.17. The summed E-state index contributed by atoms with van der Waals surface area (Å²) >= 11 is 5.82. The highest BCUT2D eigenvalue weighted by atomic mass is 32.2. The topological polar surface area (TPSA) is 12.0 Å². The molecule has 96 valence electrons. The van der Waals surface area contributed by atoms with Crippen LogP contribution >= 0.6 is 34.4 Å². The van der Waals surface area contributed by atoms with Gasteiger partial charge in [0.25, 0.3) is 0 Å². The fraction of sp³-hybridized carbons (Fsp3) is 0.429. The van der Waals surface area contributed by atoms with Crippen LogP contribution in [-0.4, -0.2) is 17.5 Å². The SMILES string of the molecule is c1csc(C(NCC2CCCS2)c2cccs2)c1. The van der Waals surface area contributed by atoms with Crippen molar-refractivity contribution >= 4 is 34.4 Å². The number of thioether (sulfide) groups is 1. The van der Waals surface area contributed by atoms with Crippen LogP contribution in [0.3, 0.4) is 0 Å². The summed E-state index contributed by atoms with van der Waals surface area (Å²) in [7, 11) is 0. The van der Waals surface area contributed by atoms with Gasteiger partial charge >= 0.3 is 0 Å². The minimum absolute atomic E-state index is 0.395. The number of thiophene rings is 2. The molecule has 1 fully saturated rings. The van der Waals surface area contributed by atoms with Crippen LogP contribution in [0.5, 0.6) is 0 Å². The molecule has 4 heteroatoms. The lowest BCUT2D eigenvalue weighted by Crippen LogP contribution is -2.27. The molecule has 1 aliphatic heterocycles. The minimum Gasteiger partial charge on any atom is -0.304 e. The zero-order chi connectivity index (χ0) is 12.2. The van der Waals surface area contributed by atoms with Gasteiger partial charge in [-0.25, -0.2) is 0 Å². The van der Waals surface area contributed by atoms with Crippen LogP contribution in [0.1, 0.15) is 28.6 Å². The van der Waals surface area contributed by atoms with Gasteiger partial charge in [0.05, 0.1) is 6.04 Å². The Balaban J connectivity index is 1.70. The third kappa shape index (κ3) is 2.99. The second kappa shape index (κ2) is 6.24. The van der Waals surface area contributed by atoms with Crippen molar-refractivity contribution in [2.45, 2.75) is 24.1 Å². The van der Waals surface area contributed by atoms with E-state index < -0.39 is 0 Å². The van der Waals surface area contributed by atoms with Crippen LogP contribution in [-0.2, 0) is 0 Å². The van der Waals surface area contributed by atoms with Crippen LogP contribution in [0, 0.1) is 0 Å². The summed E-state index contributed by atoms with van der Waals surface area (Å²) in [5, 5.41) is 8.92. The van der Waals surface area contributed by atoms with Gasteiger partial charge in [-0.1, -0.05) is 12.1 Å². The molecule has 1 saturated heterocycles. The van der Waals surface area contributed by atoms with Crippen LogP contribution in [0.25, 0.3) is 0 Å². The molecule has 1 nitrogen and oxygen atoms in total. The highest BCUT2D eigenvalue weighted by Crippen LogP contribution is 2.31. The number of hydrogen-bond donors (Lipinski definition) is 1. The Bertz CT molecular complexity index is 409. The smallest absolute Gasteiger partial charge is 0.0765 e. The second-order valence-corrected chi connectivity index (χ2v) is 7.87. The molecule has 2 aromatic rings. The molecule has 0 saturated carbocycles. The average molecular weight is 295 g/mol. The first kappa shape index (κ1) is 12.7. The lowest BCUT2D eigenvalue weighted by Gasteiger charge is -2.18. The zero-order valence-corrected chi connectivity index (χ0v) is 12.6. The monoisotopic (exact) mass is 295 g/mol. The molecule has 0 spiro atoms. The fourth-order valence-electron chi connectivity index (χ4n) is 2.31. The Morgan fingerprint density at radius 2 is 1.89 bits per heavy atom. The molecule has 18 heavy (non-hydrogen) atoms. The van der Waals surface area contributed by atoms with Crippen LogP contribution in [0.15, 0.2) is 35.0 Å². The molecule has 0 bridgehead atoms. The van der Waals surface area contributed by atoms with Crippen LogP contribution < -0.4 is 5.32 Å². The molecule has 1 atom stereocenters. The predicted molar refractivity (Wildman–Crippen MR) is 84.0 cm³/mol. The van der Waals surface area contributed by atoms with Crippen molar-refractivity contribution in [3.05, 3.63) is 44.8 Å². The number of nitrogens with one attached hydrogen (secondary N) is 1. The standard InChI is InChI=1S/C14H17NS3/c1-4-11(16-7-1)10-15-14(12-5-2-8-17-12)13-6-3-9-18-13/h2-3,5-6,8-9,11,14-15H,1,4,7,10H2. The Kier molecular flexibility index (Phi) is 4.41. The first-order chi connectivity index (χ1) is 8.93. The van der Waals surface area contributed by atoms with Gasteiger partial charge in [0.1, 0.15) is 0 Å². The fourth-order valence-corrected chi connectivity index (χ4v) is 5.23. The summed E-state index contributed by atoms with van der Waals surface area (Å²) in [5.74, 6) is 1.34. The molecule has 1 unspecified atom stereocenters. The molecule has 0 amide bonds. The van der Waals surface area contributed by atoms with E-state index in [0.717, 1.165) is 11.8 Å². The van der Waals surface area contributed by atoms with E-state index in [0.29, 0.717) is 6.04 Å². The zero-order valence-electron chi connectivity index (χ0n) is 10.2. The molecule has 1 N–H and O–H groups in total. The lowest BCUT2D eigenvalue weighted by molar-refractivity contribution is 0.596. The van der Waals surface area contributed by atoms with Gasteiger partial charge in [-0.2, -0.15) is 11.8 Å². The van der Waals surface area contributed by atoms with Crippen molar-refractivity contribution in [2.75, 3.05) is 12.3 Å². The third-order valence-corrected chi connectivity index (χ3v) is 6.50. The third-order valence-electron chi connectivity index (χ3n) is 3.23. The number of rotatable bonds is 5. The van der Waals surface area contributed by atoms with Crippen molar-refractivity contribution in [3.63, 3.8) is 0 Å². The van der Waals surface area contributed by atoms with Crippen molar-refractivity contribution in [3.8, 4) is 0 Å². The first-order valence-corrected chi connectivity index (χ1v) is 9.16. The Morgan fingerprint density at radius 1 is 1.17 bits per heavy atom. The van der Waals surface area contributed by atoms with Crippen molar-refractivity contribution < 1.29 is 0 Å². The van der Waals surface area contributed by atoms with E-state index in [9.17, 15) is 0 Å². The maximum absolute atomic E-state index is 3.77. The molecule has 0 radical (unpaired) electrons. The highest BCUT2D eigenvalue weighted by Gasteiger charge is 2.20. The van der Waals surface area contributed by atoms with E-state index in [1.807, 2.05) is 22.7 Å². The van der Waals surface area contributed by atoms with Crippen LogP contribution in [0.2, 0.25) is 0 Å². The summed E-state index contributed by atoms with van der Waals surface area (Å²) in [6.45, 7) is 1.13. The highest BCUT2D eigenvalue weighted by molar-refractivity contribution is 8.00. The molecular formula is C14H17NS3. The second-order valence-electron chi connectivity index (χ2n) is 4.51. The van der Waals surface area contributed by atoms with Gasteiger partial charge < -0.3 is 5.32 Å². The van der Waals surface area contributed by atoms with E-state index >= 15 is 0 Å². The summed E-state index contributed by atoms with van der Waals surface area (Å²) in [4.78, 5) is 2.86. The van der Waals surface area contributed by atoms with Gasteiger partial charge in [0, 0.05) is 21.5 Å². The van der Waals surface area contributed by atoms with Gasteiger partial charge in [0.15, 0.2) is 0 Å². The maximum atomic E-state index is 3.77. The molecular weight excluding hydrogens is 278 g/mol. The molecule has 1 aliphatic rings. The van der Waals surface area contributed by atoms with E-state index in [2.05, 4.69) is 52.1 Å². The van der Waals surface area contributed by atoms with E-state index in [-0.39, 0.29) is 0 Å². The van der Waals surface area contributed by atoms with Crippen molar-refractivity contribution in [2.24, 2.45) is 0 Å². The minimum atomic E-state index is 0.395. The predicted octanol–water partition coefficient (Wildman–Crippen LogP) is 4.38. The average Bonchev–Trinajstić information content (AvgIpc) is 3.14. The van der Waals surface area contributed by atoms with E-state index in [4.69, 9.17) is 0 Å². The van der Waals surface area contributed by atoms with Gasteiger partial charge in [0.2, 0.25) is 0 Å². The number of hydrogen-bond acceptors (Lipinski definition) is 4. The van der Waals surface area contributed by atoms with Crippen molar-refractivity contribution in [1.29, 1.82) is 0 Å². The Labute approximate surface area is 121 Å². The molecule has 2 aromatic heterocycles. The summed E-state index contributed by atoms with van der Waals surface area (Å²) in [5.41, 5.74) is 0. The lowest BCUT2D eigenvalue weighted by atomic mass is 10.2. The first-order valence-electron chi connectivity index (χ1n) is 6.35. The van der Waals surface area contributed by atoms with Gasteiger partial charge in [-0.15, -0.1) is 22.7 Å². The normalized spacial score (nSPS) is 19.7. The molecule has 0 aliphatic carbocycles. The van der Waals surface area contributed by atoms with E-state index in [1.54, 1.807) is 0 Å². The maximum Gasteiger partial charge on any atom is 0.0765 e. The van der Waals surface area contributed by atoms with Crippen molar-refractivity contribution in [1.82, 2.24) is 5.32 Å². The van der Waals surface area contributed by atoms with Crippen LogP contribution in [0.4, 0.5) is 0 Å². The summed E-state index contributed by atoms with van der Waals surface area (Å²) in [6.07, 6.45) is 2.76. The Hall–Kier alpha value is -0.290. The largest absolute Gasteiger partial charge is 0.304 e. The molecule has 0 aromatic carbocycles. The van der Waals surface area contributed by atoms with Gasteiger partial charge in [-0.3, -0.25) is 0 Å². The molecule has 3 rings (SSSR count). The van der Waals surface area contributed by atoms with Gasteiger partial charge in [-0.05, 0) is 41.5 Å².